The van der Waals surface area contributed by atoms with Crippen molar-refractivity contribution in [2.24, 2.45) is 12.2 Å². The Labute approximate surface area is 304 Å². The molecule has 0 radical (unpaired) electrons. The number of esters is 2. The molecule has 1 aliphatic rings. The number of hydrogen-bond donors (Lipinski definition) is 3. The average molecular weight is 774 g/mol. The fourth-order valence-corrected chi connectivity index (χ4v) is 6.71. The Hall–Kier alpha value is -5.45. The van der Waals surface area contributed by atoms with Gasteiger partial charge in [-0.25, -0.2) is 18.8 Å². The van der Waals surface area contributed by atoms with Gasteiger partial charge in [0.2, 0.25) is 10.8 Å². The molecule has 19 nitrogen and oxygen atoms in total. The summed E-state index contributed by atoms with van der Waals surface area (Å²) in [6, 6.07) is 14.8. The van der Waals surface area contributed by atoms with Gasteiger partial charge in [0.25, 0.3) is 11.8 Å². The van der Waals surface area contributed by atoms with Crippen molar-refractivity contribution < 1.29 is 46.5 Å². The van der Waals surface area contributed by atoms with Crippen molar-refractivity contribution in [2.75, 3.05) is 18.1 Å². The van der Waals surface area contributed by atoms with Crippen LogP contribution in [0.2, 0.25) is 0 Å². The van der Waals surface area contributed by atoms with Gasteiger partial charge in [-0.1, -0.05) is 77.6 Å². The number of thiazole rings is 1. The second-order valence-corrected chi connectivity index (χ2v) is 14.5. The first-order valence-electron chi connectivity index (χ1n) is 15.1. The number of nitrogens with one attached hydrogen (secondary N) is 1. The van der Waals surface area contributed by atoms with Crippen molar-refractivity contribution >= 4 is 68.0 Å². The van der Waals surface area contributed by atoms with E-state index in [2.05, 4.69) is 31.0 Å². The molecule has 0 bridgehead atoms. The summed E-state index contributed by atoms with van der Waals surface area (Å²) in [6.07, 6.45) is -0.813. The second-order valence-electron chi connectivity index (χ2n) is 11.4. The van der Waals surface area contributed by atoms with Crippen LogP contribution >= 0.6 is 23.1 Å². The smallest absolute Gasteiger partial charge is 0.362 e. The standard InChI is InChI=1S/C30H31N9O10S3/c1-30(2,27(43)48-24(17-10-6-4-7-11-17)18-12-8-5-9-13-18)49-35-22(19-15-50-28(31)32-19)25(41)33-23-20(39(26(23)42)52(44,45)46)14-47-21(40)16-51-29-34-36-37-38(29)3/h4-13,15,20,23-24H,14,16H2,1-3H3,(H2,31,32)(H,33,41)(H,44,45,46)/b35-22-. The van der Waals surface area contributed by atoms with Crippen molar-refractivity contribution in [1.29, 1.82) is 0 Å². The van der Waals surface area contributed by atoms with Gasteiger partial charge < -0.3 is 25.4 Å². The normalized spacial score (nSPS) is 16.3. The number of nitrogen functional groups attached to an aromatic ring is 1. The van der Waals surface area contributed by atoms with E-state index in [9.17, 15) is 32.1 Å². The molecule has 2 unspecified atom stereocenters. The van der Waals surface area contributed by atoms with Gasteiger partial charge in [-0.2, -0.15) is 8.42 Å². The molecule has 4 N–H and O–H groups in total. The predicted molar refractivity (Wildman–Crippen MR) is 184 cm³/mol. The van der Waals surface area contributed by atoms with E-state index in [4.69, 9.17) is 20.0 Å². The average Bonchev–Trinajstić information content (AvgIpc) is 3.73. The topological polar surface area (TPSA) is 260 Å². The Morgan fingerprint density at radius 1 is 1.12 bits per heavy atom. The van der Waals surface area contributed by atoms with Crippen LogP contribution in [0.25, 0.3) is 0 Å². The van der Waals surface area contributed by atoms with Crippen molar-refractivity contribution in [3.63, 3.8) is 0 Å². The number of benzene rings is 2. The minimum absolute atomic E-state index is 0.0415. The maximum absolute atomic E-state index is 13.6. The van der Waals surface area contributed by atoms with Crippen LogP contribution in [0, 0.1) is 0 Å². The number of anilines is 1. The lowest BCUT2D eigenvalue weighted by Gasteiger charge is -2.43. The molecule has 52 heavy (non-hydrogen) atoms. The summed E-state index contributed by atoms with van der Waals surface area (Å²) in [6.45, 7) is 1.99. The minimum Gasteiger partial charge on any atom is -0.463 e. The molecular formula is C30H31N9O10S3. The number of carbonyl (C=O) groups excluding carboxylic acids is 4. The number of thioether (sulfide) groups is 1. The van der Waals surface area contributed by atoms with Gasteiger partial charge in [-0.05, 0) is 35.4 Å². The molecule has 0 saturated carbocycles. The summed E-state index contributed by atoms with van der Waals surface area (Å²) < 4.78 is 46.0. The maximum atomic E-state index is 13.6. The van der Waals surface area contributed by atoms with E-state index in [-0.39, 0.29) is 20.9 Å². The van der Waals surface area contributed by atoms with Crippen LogP contribution in [-0.2, 0) is 50.8 Å². The summed E-state index contributed by atoms with van der Waals surface area (Å²) in [5, 5.41) is 18.7. The van der Waals surface area contributed by atoms with Crippen LogP contribution in [0.15, 0.2) is 76.4 Å². The fourth-order valence-electron chi connectivity index (χ4n) is 4.65. The number of β-lactam (4-membered cyclic amide) rings is 1. The molecule has 2 aromatic heterocycles. The van der Waals surface area contributed by atoms with Crippen molar-refractivity contribution in [1.82, 2.24) is 34.8 Å². The SMILES string of the molecule is Cn1nnnc1SCC(=O)OCC1C(NC(=O)/C(=N\OC(C)(C)C(=O)OC(c2ccccc2)c2ccccc2)c2csc(N)n2)C(=O)N1S(=O)(=O)O. The molecular weight excluding hydrogens is 743 g/mol. The number of nitrogens with two attached hydrogens (primary N) is 1. The molecule has 1 saturated heterocycles. The number of nitrogens with zero attached hydrogens (tertiary/aromatic N) is 7. The van der Waals surface area contributed by atoms with E-state index in [0.29, 0.717) is 16.3 Å². The van der Waals surface area contributed by atoms with E-state index < -0.39 is 70.2 Å². The van der Waals surface area contributed by atoms with Gasteiger partial charge in [-0.15, -0.1) is 16.4 Å². The number of rotatable bonds is 15. The Kier molecular flexibility index (Phi) is 11.5. The Morgan fingerprint density at radius 2 is 1.75 bits per heavy atom. The fraction of sp³-hybridized carbons (Fsp3) is 0.300. The summed E-state index contributed by atoms with van der Waals surface area (Å²) in [5.74, 6) is -4.30. The lowest BCUT2D eigenvalue weighted by Crippen LogP contribution is -2.73. The maximum Gasteiger partial charge on any atom is 0.362 e. The van der Waals surface area contributed by atoms with Crippen LogP contribution in [0.5, 0.6) is 0 Å². The molecule has 0 aliphatic carbocycles. The highest BCUT2D eigenvalue weighted by Gasteiger charge is 2.55. The number of aryl methyl sites for hydroxylation is 1. The number of amides is 2. The number of aromatic nitrogens is 5. The summed E-state index contributed by atoms with van der Waals surface area (Å²) in [5.41, 5.74) is 4.71. The lowest BCUT2D eigenvalue weighted by molar-refractivity contribution is -0.172. The number of ether oxygens (including phenoxy) is 2. The Morgan fingerprint density at radius 3 is 2.29 bits per heavy atom. The van der Waals surface area contributed by atoms with Gasteiger partial charge in [0.15, 0.2) is 16.9 Å². The van der Waals surface area contributed by atoms with Crippen LogP contribution in [0.1, 0.15) is 36.8 Å². The van der Waals surface area contributed by atoms with E-state index in [1.165, 1.54) is 23.9 Å². The summed E-state index contributed by atoms with van der Waals surface area (Å²) >= 11 is 1.88. The quantitative estimate of drug-likeness (QED) is 0.0379. The third kappa shape index (κ3) is 8.88. The largest absolute Gasteiger partial charge is 0.463 e. The molecule has 2 atom stereocenters. The predicted octanol–water partition coefficient (Wildman–Crippen LogP) is 0.915. The van der Waals surface area contributed by atoms with Gasteiger partial charge in [0.05, 0.1) is 5.75 Å². The summed E-state index contributed by atoms with van der Waals surface area (Å²) in [4.78, 5) is 62.0. The molecule has 0 spiro atoms. The highest BCUT2D eigenvalue weighted by Crippen LogP contribution is 2.29. The third-order valence-electron chi connectivity index (χ3n) is 7.29. The number of carbonyl (C=O) groups is 4. The van der Waals surface area contributed by atoms with Crippen molar-refractivity contribution in [2.45, 2.75) is 42.8 Å². The van der Waals surface area contributed by atoms with Crippen LogP contribution in [0.4, 0.5) is 5.13 Å². The van der Waals surface area contributed by atoms with Crippen LogP contribution < -0.4 is 11.1 Å². The van der Waals surface area contributed by atoms with Crippen LogP contribution in [0.3, 0.4) is 0 Å². The van der Waals surface area contributed by atoms with Crippen molar-refractivity contribution in [3.05, 3.63) is 82.9 Å². The van der Waals surface area contributed by atoms with E-state index in [1.807, 2.05) is 12.1 Å². The van der Waals surface area contributed by atoms with Crippen LogP contribution in [-0.4, -0.2) is 102 Å². The second kappa shape index (κ2) is 15.8. The van der Waals surface area contributed by atoms with Gasteiger partial charge >= 0.3 is 22.2 Å². The highest BCUT2D eigenvalue weighted by atomic mass is 32.2. The zero-order chi connectivity index (χ0) is 37.6. The Bertz CT molecular complexity index is 2040. The third-order valence-corrected chi connectivity index (χ3v) is 9.89. The van der Waals surface area contributed by atoms with Crippen molar-refractivity contribution in [3.8, 4) is 0 Å². The molecule has 1 fully saturated rings. The molecule has 4 aromatic rings. The van der Waals surface area contributed by atoms with E-state index in [1.54, 1.807) is 55.6 Å². The molecule has 5 rings (SSSR count). The molecule has 1 aliphatic heterocycles. The number of oxime groups is 1. The van der Waals surface area contributed by atoms with Gasteiger partial charge in [0, 0.05) is 12.4 Å². The zero-order valence-corrected chi connectivity index (χ0v) is 30.0. The van der Waals surface area contributed by atoms with Gasteiger partial charge in [0.1, 0.15) is 24.4 Å². The monoisotopic (exact) mass is 773 g/mol. The van der Waals surface area contributed by atoms with Gasteiger partial charge in [-0.3, -0.25) is 18.9 Å². The minimum atomic E-state index is -5.12. The number of tetrazole rings is 1. The zero-order valence-electron chi connectivity index (χ0n) is 27.6. The molecule has 274 valence electrons. The lowest BCUT2D eigenvalue weighted by atomic mass is 9.99. The molecule has 3 heterocycles. The molecule has 2 amide bonds. The summed E-state index contributed by atoms with van der Waals surface area (Å²) in [7, 11) is -3.57. The number of hydrogen-bond acceptors (Lipinski definition) is 17. The first kappa shape index (κ1) is 37.8. The highest BCUT2D eigenvalue weighted by molar-refractivity contribution is 7.99. The Balaban J connectivity index is 1.32. The van der Waals surface area contributed by atoms with E-state index in [0.717, 1.165) is 23.1 Å². The molecule has 2 aromatic carbocycles. The van der Waals surface area contributed by atoms with E-state index >= 15 is 0 Å². The first-order valence-corrected chi connectivity index (χ1v) is 18.3. The first-order chi connectivity index (χ1) is 24.7. The molecule has 22 heteroatoms.